The summed E-state index contributed by atoms with van der Waals surface area (Å²) in [5, 5.41) is 23.3. The summed E-state index contributed by atoms with van der Waals surface area (Å²) in [5.41, 5.74) is 3.68. The van der Waals surface area contributed by atoms with E-state index in [1.54, 1.807) is 0 Å². The third kappa shape index (κ3) is 5.10. The number of anilines is 2. The third-order valence-corrected chi connectivity index (χ3v) is 5.89. The molecule has 3 rings (SSSR count). The lowest BCUT2D eigenvalue weighted by molar-refractivity contribution is 0.0785. The number of aliphatic hydroxyl groups is 2. The molecule has 0 unspecified atom stereocenters. The second-order valence-electron chi connectivity index (χ2n) is 9.52. The number of nitrogens with one attached hydrogen (secondary N) is 1. The SMILES string of the molecule is CC(C)c1cc(N2CCc3cc(C(C)(C)O)ccc3C2)nc(N[C@@H](CO)C(C)C)n1. The van der Waals surface area contributed by atoms with Crippen LogP contribution in [0.3, 0.4) is 0 Å². The summed E-state index contributed by atoms with van der Waals surface area (Å²) in [4.78, 5) is 11.8. The van der Waals surface area contributed by atoms with Crippen LogP contribution in [0.1, 0.15) is 69.8 Å². The zero-order chi connectivity index (χ0) is 22.1. The molecule has 0 saturated heterocycles. The molecule has 0 fully saturated rings. The molecule has 0 spiro atoms. The van der Waals surface area contributed by atoms with Gasteiger partial charge in [-0.1, -0.05) is 45.9 Å². The summed E-state index contributed by atoms with van der Waals surface area (Å²) in [6.45, 7) is 13.7. The summed E-state index contributed by atoms with van der Waals surface area (Å²) < 4.78 is 0. The fourth-order valence-corrected chi connectivity index (χ4v) is 3.69. The number of benzene rings is 1. The number of hydrogen-bond donors (Lipinski definition) is 3. The summed E-state index contributed by atoms with van der Waals surface area (Å²) in [6.07, 6.45) is 0.911. The highest BCUT2D eigenvalue weighted by molar-refractivity contribution is 5.49. The quantitative estimate of drug-likeness (QED) is 0.641. The van der Waals surface area contributed by atoms with Gasteiger partial charge in [0.15, 0.2) is 0 Å². The zero-order valence-electron chi connectivity index (χ0n) is 19.1. The summed E-state index contributed by atoms with van der Waals surface area (Å²) in [7, 11) is 0. The molecule has 0 amide bonds. The molecule has 30 heavy (non-hydrogen) atoms. The first-order valence-corrected chi connectivity index (χ1v) is 10.9. The van der Waals surface area contributed by atoms with Crippen molar-refractivity contribution >= 4 is 11.8 Å². The smallest absolute Gasteiger partial charge is 0.225 e. The van der Waals surface area contributed by atoms with E-state index in [9.17, 15) is 10.2 Å². The number of hydrogen-bond acceptors (Lipinski definition) is 6. The van der Waals surface area contributed by atoms with Crippen molar-refractivity contribution in [3.05, 3.63) is 46.6 Å². The van der Waals surface area contributed by atoms with Gasteiger partial charge in [0.05, 0.1) is 23.9 Å². The average molecular weight is 413 g/mol. The lowest BCUT2D eigenvalue weighted by Crippen LogP contribution is -2.33. The van der Waals surface area contributed by atoms with E-state index in [2.05, 4.69) is 56.1 Å². The van der Waals surface area contributed by atoms with Crippen LogP contribution in [0.15, 0.2) is 24.3 Å². The van der Waals surface area contributed by atoms with Crippen molar-refractivity contribution in [3.63, 3.8) is 0 Å². The number of rotatable bonds is 7. The Hall–Kier alpha value is -2.18. The molecule has 164 valence electrons. The predicted octanol–water partition coefficient (Wildman–Crippen LogP) is 3.82. The number of nitrogens with zero attached hydrogens (tertiary/aromatic N) is 3. The Labute approximate surface area is 180 Å². The molecule has 2 heterocycles. The molecule has 1 aromatic carbocycles. The van der Waals surface area contributed by atoms with E-state index in [0.717, 1.165) is 36.6 Å². The van der Waals surface area contributed by atoms with Gasteiger partial charge in [-0.15, -0.1) is 0 Å². The summed E-state index contributed by atoms with van der Waals surface area (Å²) in [6, 6.07) is 8.27. The number of aromatic nitrogens is 2. The minimum absolute atomic E-state index is 0.0445. The molecule has 6 heteroatoms. The van der Waals surface area contributed by atoms with Crippen LogP contribution < -0.4 is 10.2 Å². The Balaban J connectivity index is 1.88. The minimum atomic E-state index is -0.828. The van der Waals surface area contributed by atoms with Gasteiger partial charge >= 0.3 is 0 Å². The van der Waals surface area contributed by atoms with Crippen LogP contribution in [0, 0.1) is 5.92 Å². The predicted molar refractivity (Wildman–Crippen MR) is 122 cm³/mol. The normalized spacial score (nSPS) is 15.5. The highest BCUT2D eigenvalue weighted by Crippen LogP contribution is 2.29. The molecule has 0 radical (unpaired) electrons. The highest BCUT2D eigenvalue weighted by Gasteiger charge is 2.23. The molecular formula is C24H36N4O2. The van der Waals surface area contributed by atoms with Crippen molar-refractivity contribution in [2.45, 2.75) is 72.1 Å². The van der Waals surface area contributed by atoms with Crippen LogP contribution in [-0.2, 0) is 18.6 Å². The van der Waals surface area contributed by atoms with Crippen molar-refractivity contribution in [3.8, 4) is 0 Å². The second-order valence-corrected chi connectivity index (χ2v) is 9.52. The first-order valence-electron chi connectivity index (χ1n) is 10.9. The van der Waals surface area contributed by atoms with Gasteiger partial charge in [-0.25, -0.2) is 4.98 Å². The van der Waals surface area contributed by atoms with Crippen LogP contribution in [-0.4, -0.2) is 39.4 Å². The van der Waals surface area contributed by atoms with E-state index in [0.29, 0.717) is 5.95 Å². The Morgan fingerprint density at radius 2 is 1.83 bits per heavy atom. The third-order valence-electron chi connectivity index (χ3n) is 5.89. The fraction of sp³-hybridized carbons (Fsp3) is 0.583. The van der Waals surface area contributed by atoms with Gasteiger partial charge in [-0.05, 0) is 48.8 Å². The van der Waals surface area contributed by atoms with Crippen LogP contribution in [0.4, 0.5) is 11.8 Å². The maximum Gasteiger partial charge on any atom is 0.225 e. The molecule has 1 aliphatic heterocycles. The van der Waals surface area contributed by atoms with E-state index in [1.807, 2.05) is 19.9 Å². The Kier molecular flexibility index (Phi) is 6.68. The Bertz CT molecular complexity index is 874. The fourth-order valence-electron chi connectivity index (χ4n) is 3.69. The van der Waals surface area contributed by atoms with Crippen LogP contribution in [0.5, 0.6) is 0 Å². The Morgan fingerprint density at radius 3 is 2.43 bits per heavy atom. The van der Waals surface area contributed by atoms with Gasteiger partial charge in [-0.3, -0.25) is 0 Å². The van der Waals surface area contributed by atoms with Crippen molar-refractivity contribution in [2.75, 3.05) is 23.4 Å². The number of fused-ring (bicyclic) bond motifs is 1. The van der Waals surface area contributed by atoms with Gasteiger partial charge in [0.25, 0.3) is 0 Å². The largest absolute Gasteiger partial charge is 0.394 e. The number of aliphatic hydroxyl groups excluding tert-OH is 1. The van der Waals surface area contributed by atoms with Gasteiger partial charge in [-0.2, -0.15) is 4.98 Å². The Morgan fingerprint density at radius 1 is 1.10 bits per heavy atom. The van der Waals surface area contributed by atoms with Gasteiger partial charge in [0.1, 0.15) is 5.82 Å². The maximum atomic E-state index is 10.3. The molecule has 6 nitrogen and oxygen atoms in total. The average Bonchev–Trinajstić information content (AvgIpc) is 2.70. The molecule has 1 atom stereocenters. The lowest BCUT2D eigenvalue weighted by atomic mass is 9.91. The summed E-state index contributed by atoms with van der Waals surface area (Å²) in [5.74, 6) is 2.04. The standard InChI is InChI=1S/C24H36N4O2/c1-15(2)20-12-22(27-23(25-20)26-21(14-29)16(3)4)28-10-9-17-11-19(24(5,6)30)8-7-18(17)13-28/h7-8,11-12,15-16,21,29-30H,9-10,13-14H2,1-6H3,(H,25,26,27)/t21-/m0/s1. The monoisotopic (exact) mass is 412 g/mol. The molecule has 1 aromatic heterocycles. The molecule has 0 bridgehead atoms. The van der Waals surface area contributed by atoms with Gasteiger partial charge in [0, 0.05) is 19.2 Å². The van der Waals surface area contributed by atoms with Crippen molar-refractivity contribution in [1.82, 2.24) is 9.97 Å². The van der Waals surface area contributed by atoms with Crippen molar-refractivity contribution < 1.29 is 10.2 Å². The second kappa shape index (κ2) is 8.90. The van der Waals surface area contributed by atoms with Crippen molar-refractivity contribution in [1.29, 1.82) is 0 Å². The lowest BCUT2D eigenvalue weighted by Gasteiger charge is -2.32. The van der Waals surface area contributed by atoms with Crippen LogP contribution >= 0.6 is 0 Å². The molecule has 1 aliphatic rings. The van der Waals surface area contributed by atoms with E-state index in [4.69, 9.17) is 9.97 Å². The molecule has 0 aliphatic carbocycles. The molecule has 3 N–H and O–H groups in total. The van der Waals surface area contributed by atoms with Gasteiger partial charge in [0.2, 0.25) is 5.95 Å². The van der Waals surface area contributed by atoms with E-state index in [1.165, 1.54) is 11.1 Å². The molecule has 0 saturated carbocycles. The van der Waals surface area contributed by atoms with Crippen molar-refractivity contribution in [2.24, 2.45) is 5.92 Å². The van der Waals surface area contributed by atoms with E-state index >= 15 is 0 Å². The zero-order valence-corrected chi connectivity index (χ0v) is 19.1. The molecular weight excluding hydrogens is 376 g/mol. The van der Waals surface area contributed by atoms with E-state index in [-0.39, 0.29) is 24.5 Å². The minimum Gasteiger partial charge on any atom is -0.394 e. The van der Waals surface area contributed by atoms with Gasteiger partial charge < -0.3 is 20.4 Å². The first kappa shape index (κ1) is 22.5. The van der Waals surface area contributed by atoms with Crippen LogP contribution in [0.2, 0.25) is 0 Å². The van der Waals surface area contributed by atoms with E-state index < -0.39 is 5.60 Å². The van der Waals surface area contributed by atoms with Crippen LogP contribution in [0.25, 0.3) is 0 Å². The first-order chi connectivity index (χ1) is 14.1. The summed E-state index contributed by atoms with van der Waals surface area (Å²) >= 11 is 0. The molecule has 2 aromatic rings. The maximum absolute atomic E-state index is 10.3. The topological polar surface area (TPSA) is 81.5 Å². The highest BCUT2D eigenvalue weighted by atomic mass is 16.3.